The maximum absolute atomic E-state index is 4.50. The molecule has 0 spiro atoms. The average molecular weight is 297 g/mol. The number of nitrogens with one attached hydrogen (secondary N) is 1. The van der Waals surface area contributed by atoms with Crippen molar-refractivity contribution >= 4 is 15.9 Å². The molecule has 1 heterocycles. The van der Waals surface area contributed by atoms with Crippen molar-refractivity contribution in [2.75, 3.05) is 13.1 Å². The fraction of sp³-hybridized carbons (Fsp3) is 0.643. The van der Waals surface area contributed by atoms with Gasteiger partial charge < -0.3 is 5.32 Å². The molecular formula is C14H21BrN2. The van der Waals surface area contributed by atoms with Gasteiger partial charge in [-0.25, -0.2) is 0 Å². The van der Waals surface area contributed by atoms with Gasteiger partial charge in [0.2, 0.25) is 0 Å². The summed E-state index contributed by atoms with van der Waals surface area (Å²) in [5, 5.41) is 3.57. The van der Waals surface area contributed by atoms with Crippen LogP contribution in [0.1, 0.15) is 38.3 Å². The van der Waals surface area contributed by atoms with E-state index in [1.807, 2.05) is 6.20 Å². The van der Waals surface area contributed by atoms with Gasteiger partial charge >= 0.3 is 0 Å². The number of rotatable bonds is 6. The first kappa shape index (κ1) is 13.0. The maximum Gasteiger partial charge on any atom is 0.0413 e. The van der Waals surface area contributed by atoms with Crippen molar-refractivity contribution in [3.8, 4) is 0 Å². The Morgan fingerprint density at radius 2 is 2.24 bits per heavy atom. The standard InChI is InChI=1S/C14H21BrN2/c1-2-8-16-11-14(6-3-7-14)9-13-5-4-12(15)10-17-13/h4-5,10,16H,2-3,6-9,11H2,1H3. The van der Waals surface area contributed by atoms with Crippen molar-refractivity contribution in [3.63, 3.8) is 0 Å². The fourth-order valence-electron chi connectivity index (χ4n) is 2.52. The van der Waals surface area contributed by atoms with Crippen LogP contribution < -0.4 is 5.32 Å². The van der Waals surface area contributed by atoms with Crippen molar-refractivity contribution in [1.29, 1.82) is 0 Å². The number of halogens is 1. The Bertz CT molecular complexity index is 344. The molecule has 0 unspecified atom stereocenters. The lowest BCUT2D eigenvalue weighted by atomic mass is 9.66. The molecule has 1 fully saturated rings. The molecular weight excluding hydrogens is 276 g/mol. The van der Waals surface area contributed by atoms with E-state index in [0.29, 0.717) is 5.41 Å². The van der Waals surface area contributed by atoms with E-state index in [-0.39, 0.29) is 0 Å². The van der Waals surface area contributed by atoms with Crippen LogP contribution in [-0.2, 0) is 6.42 Å². The average Bonchev–Trinajstić information content (AvgIpc) is 2.29. The van der Waals surface area contributed by atoms with Crippen LogP contribution >= 0.6 is 15.9 Å². The van der Waals surface area contributed by atoms with E-state index in [1.165, 1.54) is 31.4 Å². The van der Waals surface area contributed by atoms with E-state index in [2.05, 4.69) is 45.3 Å². The highest BCUT2D eigenvalue weighted by Crippen LogP contribution is 2.42. The zero-order valence-electron chi connectivity index (χ0n) is 10.5. The third-order valence-corrected chi connectivity index (χ3v) is 4.15. The SMILES string of the molecule is CCCNCC1(Cc2ccc(Br)cn2)CCC1. The molecule has 0 radical (unpaired) electrons. The molecule has 94 valence electrons. The van der Waals surface area contributed by atoms with Crippen LogP contribution in [0.2, 0.25) is 0 Å². The van der Waals surface area contributed by atoms with Crippen molar-refractivity contribution in [2.45, 2.75) is 39.0 Å². The largest absolute Gasteiger partial charge is 0.316 e. The Morgan fingerprint density at radius 3 is 2.76 bits per heavy atom. The highest BCUT2D eigenvalue weighted by atomic mass is 79.9. The summed E-state index contributed by atoms with van der Waals surface area (Å²) in [6, 6.07) is 4.23. The van der Waals surface area contributed by atoms with Gasteiger partial charge in [0.05, 0.1) is 0 Å². The summed E-state index contributed by atoms with van der Waals surface area (Å²) >= 11 is 3.43. The number of nitrogens with zero attached hydrogens (tertiary/aromatic N) is 1. The second-order valence-corrected chi connectivity index (χ2v) is 6.09. The molecule has 0 amide bonds. The predicted molar refractivity (Wildman–Crippen MR) is 75.1 cm³/mol. The fourth-order valence-corrected chi connectivity index (χ4v) is 2.75. The normalized spacial score (nSPS) is 17.8. The maximum atomic E-state index is 4.50. The molecule has 3 heteroatoms. The molecule has 0 saturated heterocycles. The van der Waals surface area contributed by atoms with Crippen LogP contribution in [0, 0.1) is 5.41 Å². The second-order valence-electron chi connectivity index (χ2n) is 5.17. The van der Waals surface area contributed by atoms with Gasteiger partial charge in [0.25, 0.3) is 0 Å². The lowest BCUT2D eigenvalue weighted by molar-refractivity contribution is 0.129. The first-order chi connectivity index (χ1) is 8.24. The number of hydrogen-bond acceptors (Lipinski definition) is 2. The molecule has 2 nitrogen and oxygen atoms in total. The Hall–Kier alpha value is -0.410. The number of pyridine rings is 1. The van der Waals surface area contributed by atoms with Crippen molar-refractivity contribution < 1.29 is 0 Å². The van der Waals surface area contributed by atoms with Gasteiger partial charge in [-0.15, -0.1) is 0 Å². The van der Waals surface area contributed by atoms with Gasteiger partial charge in [-0.2, -0.15) is 0 Å². The van der Waals surface area contributed by atoms with E-state index >= 15 is 0 Å². The van der Waals surface area contributed by atoms with Gasteiger partial charge in [-0.3, -0.25) is 4.98 Å². The molecule has 1 saturated carbocycles. The zero-order valence-corrected chi connectivity index (χ0v) is 12.1. The van der Waals surface area contributed by atoms with Crippen LogP contribution in [0.15, 0.2) is 22.8 Å². The Labute approximate surface area is 112 Å². The Morgan fingerprint density at radius 1 is 1.41 bits per heavy atom. The Kier molecular flexibility index (Phi) is 4.57. The van der Waals surface area contributed by atoms with Crippen LogP contribution in [0.3, 0.4) is 0 Å². The smallest absolute Gasteiger partial charge is 0.0413 e. The molecule has 1 N–H and O–H groups in total. The first-order valence-electron chi connectivity index (χ1n) is 6.55. The molecule has 17 heavy (non-hydrogen) atoms. The summed E-state index contributed by atoms with van der Waals surface area (Å²) < 4.78 is 1.06. The van der Waals surface area contributed by atoms with E-state index in [4.69, 9.17) is 0 Å². The minimum atomic E-state index is 0.482. The molecule has 0 bridgehead atoms. The zero-order chi connectivity index (χ0) is 12.1. The summed E-state index contributed by atoms with van der Waals surface area (Å²) in [5.41, 5.74) is 1.71. The molecule has 0 atom stereocenters. The summed E-state index contributed by atoms with van der Waals surface area (Å²) in [6.07, 6.45) is 8.32. The quantitative estimate of drug-likeness (QED) is 0.812. The molecule has 1 aliphatic carbocycles. The summed E-state index contributed by atoms with van der Waals surface area (Å²) in [6.45, 7) is 4.50. The van der Waals surface area contributed by atoms with E-state index < -0.39 is 0 Å². The van der Waals surface area contributed by atoms with Gasteiger partial charge in [-0.05, 0) is 65.7 Å². The van der Waals surface area contributed by atoms with Crippen LogP contribution in [0.5, 0.6) is 0 Å². The van der Waals surface area contributed by atoms with E-state index in [1.54, 1.807) is 0 Å². The molecule has 0 aliphatic heterocycles. The minimum absolute atomic E-state index is 0.482. The van der Waals surface area contributed by atoms with Crippen molar-refractivity contribution in [2.24, 2.45) is 5.41 Å². The third kappa shape index (κ3) is 3.52. The molecule has 2 rings (SSSR count). The van der Waals surface area contributed by atoms with Gasteiger partial charge in [0.15, 0.2) is 0 Å². The van der Waals surface area contributed by atoms with Gasteiger partial charge in [0.1, 0.15) is 0 Å². The molecule has 1 aliphatic rings. The highest BCUT2D eigenvalue weighted by molar-refractivity contribution is 9.10. The van der Waals surface area contributed by atoms with Gasteiger partial charge in [-0.1, -0.05) is 13.3 Å². The third-order valence-electron chi connectivity index (χ3n) is 3.69. The Balaban J connectivity index is 1.92. The van der Waals surface area contributed by atoms with Crippen LogP contribution in [0.25, 0.3) is 0 Å². The minimum Gasteiger partial charge on any atom is -0.316 e. The van der Waals surface area contributed by atoms with Gasteiger partial charge in [0, 0.05) is 22.9 Å². The van der Waals surface area contributed by atoms with Crippen molar-refractivity contribution in [3.05, 3.63) is 28.5 Å². The lowest BCUT2D eigenvalue weighted by Gasteiger charge is -2.42. The van der Waals surface area contributed by atoms with Crippen LogP contribution in [0.4, 0.5) is 0 Å². The topological polar surface area (TPSA) is 24.9 Å². The molecule has 1 aromatic heterocycles. The van der Waals surface area contributed by atoms with Crippen LogP contribution in [-0.4, -0.2) is 18.1 Å². The molecule has 0 aromatic carbocycles. The summed E-state index contributed by atoms with van der Waals surface area (Å²) in [7, 11) is 0. The number of aromatic nitrogens is 1. The van der Waals surface area contributed by atoms with E-state index in [9.17, 15) is 0 Å². The highest BCUT2D eigenvalue weighted by Gasteiger charge is 2.36. The second kappa shape index (κ2) is 5.96. The molecule has 1 aromatic rings. The van der Waals surface area contributed by atoms with Crippen molar-refractivity contribution in [1.82, 2.24) is 10.3 Å². The number of hydrogen-bond donors (Lipinski definition) is 1. The van der Waals surface area contributed by atoms with E-state index in [0.717, 1.165) is 24.0 Å². The summed E-state index contributed by atoms with van der Waals surface area (Å²) in [5.74, 6) is 0. The first-order valence-corrected chi connectivity index (χ1v) is 7.35. The lowest BCUT2D eigenvalue weighted by Crippen LogP contribution is -2.42. The predicted octanol–water partition coefficient (Wildman–Crippen LogP) is 3.56. The summed E-state index contributed by atoms with van der Waals surface area (Å²) in [4.78, 5) is 4.50. The monoisotopic (exact) mass is 296 g/mol.